The molecule has 0 heterocycles. The Morgan fingerprint density at radius 1 is 1.14 bits per heavy atom. The Morgan fingerprint density at radius 3 is 2.33 bits per heavy atom. The molecule has 0 aliphatic rings. The van der Waals surface area contributed by atoms with E-state index in [1.54, 1.807) is 0 Å². The van der Waals surface area contributed by atoms with Crippen LogP contribution < -0.4 is 5.32 Å². The molecule has 0 bridgehead atoms. The van der Waals surface area contributed by atoms with E-state index in [1.807, 2.05) is 51.1 Å². The summed E-state index contributed by atoms with van der Waals surface area (Å²) in [5.41, 5.74) is 0.977. The van der Waals surface area contributed by atoms with E-state index in [1.165, 1.54) is 0 Å². The maximum absolute atomic E-state index is 11.3. The van der Waals surface area contributed by atoms with Gasteiger partial charge in [0.25, 0.3) is 0 Å². The van der Waals surface area contributed by atoms with Crippen LogP contribution in [0.4, 0.5) is 9.18 Å². The quantitative estimate of drug-likeness (QED) is 0.776. The number of hydrogen-bond acceptors (Lipinski definition) is 3. The van der Waals surface area contributed by atoms with Crippen LogP contribution in [-0.2, 0) is 16.1 Å². The molecule has 0 saturated heterocycles. The third kappa shape index (κ3) is 14.6. The van der Waals surface area contributed by atoms with E-state index < -0.39 is 6.09 Å². The number of nitrogens with one attached hydrogen (secondary N) is 1. The maximum Gasteiger partial charge on any atom is 0.407 e. The highest BCUT2D eigenvalue weighted by atomic mass is 19.1. The molecule has 0 radical (unpaired) electrons. The van der Waals surface area contributed by atoms with Crippen molar-refractivity contribution in [2.45, 2.75) is 33.8 Å². The standard InChI is InChI=1S/C13H19NO3.C2H6.CH3F/c1-2-9-16-10-8-14-13(15)17-11-12-6-4-3-5-7-12;2*1-2/h3-7H,2,8-11H2,1H3,(H,14,15);1-2H3;1H3. The van der Waals surface area contributed by atoms with E-state index in [2.05, 4.69) is 5.32 Å². The van der Waals surface area contributed by atoms with E-state index in [4.69, 9.17) is 9.47 Å². The van der Waals surface area contributed by atoms with Gasteiger partial charge in [-0.15, -0.1) is 0 Å². The van der Waals surface area contributed by atoms with Gasteiger partial charge in [-0.25, -0.2) is 4.79 Å². The third-order valence-electron chi connectivity index (χ3n) is 2.08. The van der Waals surface area contributed by atoms with E-state index in [0.29, 0.717) is 26.9 Å². The molecule has 0 aliphatic heterocycles. The molecule has 0 spiro atoms. The Kier molecular flexibility index (Phi) is 19.0. The number of hydrogen-bond donors (Lipinski definition) is 1. The van der Waals surface area contributed by atoms with Crippen LogP contribution in [0, 0.1) is 0 Å². The summed E-state index contributed by atoms with van der Waals surface area (Å²) in [6.07, 6.45) is 0.576. The molecule has 0 saturated carbocycles. The summed E-state index contributed by atoms with van der Waals surface area (Å²) < 4.78 is 19.8. The van der Waals surface area contributed by atoms with Crippen LogP contribution in [0.5, 0.6) is 0 Å². The maximum atomic E-state index is 11.3. The average Bonchev–Trinajstić information content (AvgIpc) is 2.57. The number of carbonyl (C=O) groups is 1. The van der Waals surface area contributed by atoms with Gasteiger partial charge >= 0.3 is 6.09 Å². The molecular weight excluding hydrogens is 273 g/mol. The Balaban J connectivity index is 0. The van der Waals surface area contributed by atoms with Gasteiger partial charge in [-0.2, -0.15) is 0 Å². The summed E-state index contributed by atoms with van der Waals surface area (Å²) in [6.45, 7) is 8.06. The Bertz CT molecular complexity index is 321. The van der Waals surface area contributed by atoms with Crippen molar-refractivity contribution in [3.05, 3.63) is 35.9 Å². The van der Waals surface area contributed by atoms with Gasteiger partial charge in [0.1, 0.15) is 6.61 Å². The van der Waals surface area contributed by atoms with Gasteiger partial charge in [0.05, 0.1) is 13.8 Å². The van der Waals surface area contributed by atoms with Crippen molar-refractivity contribution >= 4 is 6.09 Å². The van der Waals surface area contributed by atoms with Crippen molar-refractivity contribution in [2.75, 3.05) is 26.9 Å². The number of amides is 1. The van der Waals surface area contributed by atoms with Crippen LogP contribution in [0.25, 0.3) is 0 Å². The number of ether oxygens (including phenoxy) is 2. The molecule has 1 amide bonds. The van der Waals surface area contributed by atoms with Gasteiger partial charge in [-0.05, 0) is 12.0 Å². The van der Waals surface area contributed by atoms with Gasteiger partial charge in [-0.3, -0.25) is 4.39 Å². The molecule has 1 aromatic carbocycles. The first kappa shape index (κ1) is 21.7. The third-order valence-corrected chi connectivity index (χ3v) is 2.08. The molecule has 5 heteroatoms. The largest absolute Gasteiger partial charge is 0.445 e. The van der Waals surface area contributed by atoms with Crippen molar-refractivity contribution in [1.29, 1.82) is 0 Å². The van der Waals surface area contributed by atoms with Gasteiger partial charge in [0.2, 0.25) is 0 Å². The lowest BCUT2D eigenvalue weighted by molar-refractivity contribution is 0.119. The molecule has 21 heavy (non-hydrogen) atoms. The number of halogens is 1. The smallest absolute Gasteiger partial charge is 0.407 e. The van der Waals surface area contributed by atoms with Crippen LogP contribution in [0.1, 0.15) is 32.8 Å². The van der Waals surface area contributed by atoms with Crippen LogP contribution in [-0.4, -0.2) is 33.0 Å². The molecule has 0 aromatic heterocycles. The normalized spacial score (nSPS) is 8.62. The van der Waals surface area contributed by atoms with E-state index in [9.17, 15) is 9.18 Å². The average molecular weight is 301 g/mol. The summed E-state index contributed by atoms with van der Waals surface area (Å²) in [6, 6.07) is 9.58. The van der Waals surface area contributed by atoms with E-state index >= 15 is 0 Å². The Hall–Kier alpha value is -1.62. The first-order chi connectivity index (χ1) is 10.3. The summed E-state index contributed by atoms with van der Waals surface area (Å²) >= 11 is 0. The van der Waals surface area contributed by atoms with Gasteiger partial charge in [0, 0.05) is 13.2 Å². The molecule has 0 aliphatic carbocycles. The molecule has 1 N–H and O–H groups in total. The zero-order valence-corrected chi connectivity index (χ0v) is 13.5. The lowest BCUT2D eigenvalue weighted by Gasteiger charge is -2.07. The number of benzene rings is 1. The highest BCUT2D eigenvalue weighted by Gasteiger charge is 2.01. The van der Waals surface area contributed by atoms with Crippen LogP contribution in [0.15, 0.2) is 30.3 Å². The molecule has 0 fully saturated rings. The Morgan fingerprint density at radius 2 is 1.76 bits per heavy atom. The molecule has 1 rings (SSSR count). The SMILES string of the molecule is CC.CCCOCCNC(=O)OCc1ccccc1.CF. The van der Waals surface area contributed by atoms with Gasteiger partial charge < -0.3 is 14.8 Å². The highest BCUT2D eigenvalue weighted by molar-refractivity contribution is 5.67. The minimum absolute atomic E-state index is 0.294. The highest BCUT2D eigenvalue weighted by Crippen LogP contribution is 2.00. The first-order valence-corrected chi connectivity index (χ1v) is 7.23. The summed E-state index contributed by atoms with van der Waals surface area (Å²) in [5.74, 6) is 0. The van der Waals surface area contributed by atoms with Crippen LogP contribution in [0.3, 0.4) is 0 Å². The van der Waals surface area contributed by atoms with Crippen molar-refractivity contribution in [1.82, 2.24) is 5.32 Å². The van der Waals surface area contributed by atoms with Crippen LogP contribution >= 0.6 is 0 Å². The fourth-order valence-electron chi connectivity index (χ4n) is 1.25. The lowest BCUT2D eigenvalue weighted by Crippen LogP contribution is -2.27. The summed E-state index contributed by atoms with van der Waals surface area (Å²) in [5, 5.41) is 2.63. The second-order valence-corrected chi connectivity index (χ2v) is 3.60. The lowest BCUT2D eigenvalue weighted by atomic mass is 10.2. The summed E-state index contributed by atoms with van der Waals surface area (Å²) in [7, 11) is 0.500. The topological polar surface area (TPSA) is 47.6 Å². The van der Waals surface area contributed by atoms with Crippen molar-refractivity contribution in [2.24, 2.45) is 0 Å². The number of alkyl carbamates (subject to hydrolysis) is 1. The van der Waals surface area contributed by atoms with Crippen molar-refractivity contribution in [3.8, 4) is 0 Å². The fraction of sp³-hybridized carbons (Fsp3) is 0.562. The number of alkyl halides is 1. The van der Waals surface area contributed by atoms with Gasteiger partial charge in [-0.1, -0.05) is 51.1 Å². The predicted octanol–water partition coefficient (Wildman–Crippen LogP) is 3.95. The summed E-state index contributed by atoms with van der Waals surface area (Å²) in [4.78, 5) is 11.3. The molecule has 4 nitrogen and oxygen atoms in total. The molecular formula is C16H28FNO3. The zero-order valence-electron chi connectivity index (χ0n) is 13.5. The number of carbonyl (C=O) groups excluding carboxylic acids is 1. The molecule has 122 valence electrons. The second kappa shape index (κ2) is 18.4. The second-order valence-electron chi connectivity index (χ2n) is 3.60. The zero-order chi connectivity index (χ0) is 16.3. The molecule has 0 atom stereocenters. The fourth-order valence-corrected chi connectivity index (χ4v) is 1.25. The molecule has 1 aromatic rings. The van der Waals surface area contributed by atoms with E-state index in [0.717, 1.165) is 18.6 Å². The Labute approximate surface area is 127 Å². The van der Waals surface area contributed by atoms with Crippen LogP contribution in [0.2, 0.25) is 0 Å². The minimum atomic E-state index is -0.408. The minimum Gasteiger partial charge on any atom is -0.445 e. The van der Waals surface area contributed by atoms with E-state index in [-0.39, 0.29) is 0 Å². The molecule has 0 unspecified atom stereocenters. The van der Waals surface area contributed by atoms with Crippen molar-refractivity contribution in [3.63, 3.8) is 0 Å². The van der Waals surface area contributed by atoms with Crippen molar-refractivity contribution < 1.29 is 18.7 Å². The number of rotatable bonds is 7. The van der Waals surface area contributed by atoms with Gasteiger partial charge in [0.15, 0.2) is 0 Å². The first-order valence-electron chi connectivity index (χ1n) is 7.23. The monoisotopic (exact) mass is 301 g/mol. The predicted molar refractivity (Wildman–Crippen MR) is 84.1 cm³/mol.